The highest BCUT2D eigenvalue weighted by Gasteiger charge is 2.18. The summed E-state index contributed by atoms with van der Waals surface area (Å²) >= 11 is 3.39. The van der Waals surface area contributed by atoms with E-state index < -0.39 is 24.1 Å². The fourth-order valence-electron chi connectivity index (χ4n) is 2.67. The zero-order valence-corrected chi connectivity index (χ0v) is 16.2. The summed E-state index contributed by atoms with van der Waals surface area (Å²) in [7, 11) is 1.71. The van der Waals surface area contributed by atoms with Crippen LogP contribution in [0.5, 0.6) is 5.75 Å². The molecule has 0 radical (unpaired) electrons. The standard InChI is InChI=1S/C19H16BrF2N3O2/c1-11-18(12-3-5-13(20)6-4-12)19(25(2)24-11)23-17(26)10-27-16-8-7-14(21)9-15(16)22/h3-9H,10H2,1-2H3,(H,23,26). The summed E-state index contributed by atoms with van der Waals surface area (Å²) < 4.78 is 34.2. The van der Waals surface area contributed by atoms with Gasteiger partial charge in [-0.1, -0.05) is 28.1 Å². The van der Waals surface area contributed by atoms with E-state index in [0.29, 0.717) is 11.9 Å². The van der Waals surface area contributed by atoms with Crippen LogP contribution in [0.4, 0.5) is 14.6 Å². The van der Waals surface area contributed by atoms with Crippen LogP contribution in [0.3, 0.4) is 0 Å². The van der Waals surface area contributed by atoms with Crippen LogP contribution in [-0.2, 0) is 11.8 Å². The first kappa shape index (κ1) is 19.0. The van der Waals surface area contributed by atoms with E-state index in [1.165, 1.54) is 0 Å². The molecule has 0 saturated carbocycles. The molecule has 140 valence electrons. The first-order chi connectivity index (χ1) is 12.8. The van der Waals surface area contributed by atoms with Crippen LogP contribution >= 0.6 is 15.9 Å². The highest BCUT2D eigenvalue weighted by Crippen LogP contribution is 2.31. The smallest absolute Gasteiger partial charge is 0.263 e. The van der Waals surface area contributed by atoms with Gasteiger partial charge in [-0.15, -0.1) is 0 Å². The largest absolute Gasteiger partial charge is 0.481 e. The summed E-state index contributed by atoms with van der Waals surface area (Å²) in [4.78, 5) is 12.3. The molecule has 1 aromatic heterocycles. The number of aromatic nitrogens is 2. The van der Waals surface area contributed by atoms with Crippen molar-refractivity contribution < 1.29 is 18.3 Å². The number of benzene rings is 2. The predicted molar refractivity (Wildman–Crippen MR) is 102 cm³/mol. The van der Waals surface area contributed by atoms with Crippen molar-refractivity contribution in [2.75, 3.05) is 11.9 Å². The molecule has 2 aromatic carbocycles. The van der Waals surface area contributed by atoms with Gasteiger partial charge in [-0.3, -0.25) is 9.48 Å². The fourth-order valence-corrected chi connectivity index (χ4v) is 2.93. The number of amides is 1. The first-order valence-electron chi connectivity index (χ1n) is 8.02. The van der Waals surface area contributed by atoms with Crippen LogP contribution < -0.4 is 10.1 Å². The number of ether oxygens (including phenoxy) is 1. The number of hydrogen-bond donors (Lipinski definition) is 1. The van der Waals surface area contributed by atoms with Gasteiger partial charge in [-0.05, 0) is 36.8 Å². The molecule has 0 bridgehead atoms. The molecule has 5 nitrogen and oxygen atoms in total. The summed E-state index contributed by atoms with van der Waals surface area (Å²) in [6.07, 6.45) is 0. The number of rotatable bonds is 5. The van der Waals surface area contributed by atoms with Gasteiger partial charge in [0.2, 0.25) is 0 Å². The second-order valence-electron chi connectivity index (χ2n) is 5.85. The number of nitrogens with one attached hydrogen (secondary N) is 1. The average Bonchev–Trinajstić information content (AvgIpc) is 2.88. The Kier molecular flexibility index (Phi) is 5.55. The van der Waals surface area contributed by atoms with Gasteiger partial charge in [0.05, 0.1) is 5.69 Å². The van der Waals surface area contributed by atoms with Crippen molar-refractivity contribution in [3.8, 4) is 16.9 Å². The zero-order chi connectivity index (χ0) is 19.6. The van der Waals surface area contributed by atoms with Gasteiger partial charge in [-0.2, -0.15) is 5.10 Å². The summed E-state index contributed by atoms with van der Waals surface area (Å²) in [6, 6.07) is 10.5. The number of carbonyl (C=O) groups is 1. The third-order valence-corrected chi connectivity index (χ3v) is 4.39. The molecule has 3 aromatic rings. The Morgan fingerprint density at radius 2 is 1.93 bits per heavy atom. The molecule has 1 amide bonds. The maximum Gasteiger partial charge on any atom is 0.263 e. The minimum Gasteiger partial charge on any atom is -0.481 e. The van der Waals surface area contributed by atoms with Gasteiger partial charge in [0.25, 0.3) is 5.91 Å². The van der Waals surface area contributed by atoms with Crippen LogP contribution in [0, 0.1) is 18.6 Å². The van der Waals surface area contributed by atoms with Crippen LogP contribution in [0.25, 0.3) is 11.1 Å². The second kappa shape index (κ2) is 7.87. The molecule has 0 aliphatic rings. The van der Waals surface area contributed by atoms with Gasteiger partial charge in [0, 0.05) is 23.2 Å². The summed E-state index contributed by atoms with van der Waals surface area (Å²) in [6.45, 7) is 1.42. The summed E-state index contributed by atoms with van der Waals surface area (Å²) in [5.41, 5.74) is 2.43. The van der Waals surface area contributed by atoms with E-state index in [9.17, 15) is 13.6 Å². The second-order valence-corrected chi connectivity index (χ2v) is 6.77. The average molecular weight is 436 g/mol. The fraction of sp³-hybridized carbons (Fsp3) is 0.158. The highest BCUT2D eigenvalue weighted by atomic mass is 79.9. The molecule has 1 heterocycles. The van der Waals surface area contributed by atoms with Crippen molar-refractivity contribution in [1.82, 2.24) is 9.78 Å². The maximum atomic E-state index is 13.6. The Balaban J connectivity index is 1.77. The minimum absolute atomic E-state index is 0.194. The van der Waals surface area contributed by atoms with Crippen LogP contribution in [0.2, 0.25) is 0 Å². The predicted octanol–water partition coefficient (Wildman–Crippen LogP) is 4.45. The third-order valence-electron chi connectivity index (χ3n) is 3.87. The normalized spacial score (nSPS) is 10.7. The third kappa shape index (κ3) is 4.33. The summed E-state index contributed by atoms with van der Waals surface area (Å²) in [5.74, 6) is -1.76. The van der Waals surface area contributed by atoms with Crippen molar-refractivity contribution in [2.24, 2.45) is 7.05 Å². The number of anilines is 1. The van der Waals surface area contributed by atoms with Gasteiger partial charge in [-0.25, -0.2) is 8.78 Å². The monoisotopic (exact) mass is 435 g/mol. The van der Waals surface area contributed by atoms with Crippen molar-refractivity contribution in [2.45, 2.75) is 6.92 Å². The van der Waals surface area contributed by atoms with Crippen molar-refractivity contribution >= 4 is 27.7 Å². The van der Waals surface area contributed by atoms with E-state index in [1.54, 1.807) is 11.7 Å². The molecule has 3 rings (SSSR count). The molecule has 0 fully saturated rings. The van der Waals surface area contributed by atoms with E-state index in [2.05, 4.69) is 26.3 Å². The van der Waals surface area contributed by atoms with Crippen molar-refractivity contribution in [1.29, 1.82) is 0 Å². The molecule has 0 unspecified atom stereocenters. The number of aryl methyl sites for hydroxylation is 2. The molecule has 0 saturated heterocycles. The topological polar surface area (TPSA) is 56.2 Å². The Hall–Kier alpha value is -2.74. The number of nitrogens with zero attached hydrogens (tertiary/aromatic N) is 2. The Morgan fingerprint density at radius 3 is 2.59 bits per heavy atom. The Labute approximate surface area is 163 Å². The van der Waals surface area contributed by atoms with E-state index >= 15 is 0 Å². The van der Waals surface area contributed by atoms with Crippen LogP contribution in [0.1, 0.15) is 5.69 Å². The van der Waals surface area contributed by atoms with E-state index in [4.69, 9.17) is 4.74 Å². The minimum atomic E-state index is -0.866. The molecule has 0 spiro atoms. The quantitative estimate of drug-likeness (QED) is 0.643. The van der Waals surface area contributed by atoms with Gasteiger partial charge in [0.15, 0.2) is 18.2 Å². The van der Waals surface area contributed by atoms with Crippen molar-refractivity contribution in [3.63, 3.8) is 0 Å². The highest BCUT2D eigenvalue weighted by molar-refractivity contribution is 9.10. The number of halogens is 3. The first-order valence-corrected chi connectivity index (χ1v) is 8.81. The molecule has 0 aliphatic heterocycles. The lowest BCUT2D eigenvalue weighted by Gasteiger charge is -2.11. The van der Waals surface area contributed by atoms with Gasteiger partial charge < -0.3 is 10.1 Å². The van der Waals surface area contributed by atoms with Crippen molar-refractivity contribution in [3.05, 3.63) is 64.3 Å². The number of hydrogen-bond acceptors (Lipinski definition) is 3. The number of carbonyl (C=O) groups excluding carboxylic acids is 1. The lowest BCUT2D eigenvalue weighted by atomic mass is 10.1. The molecule has 27 heavy (non-hydrogen) atoms. The lowest BCUT2D eigenvalue weighted by molar-refractivity contribution is -0.118. The molecule has 1 N–H and O–H groups in total. The Morgan fingerprint density at radius 1 is 1.22 bits per heavy atom. The summed E-state index contributed by atoms with van der Waals surface area (Å²) in [5, 5.41) is 7.09. The molecular formula is C19H16BrF2N3O2. The van der Waals surface area contributed by atoms with E-state index in [0.717, 1.165) is 33.4 Å². The molecule has 0 atom stereocenters. The van der Waals surface area contributed by atoms with Gasteiger partial charge in [0.1, 0.15) is 11.6 Å². The van der Waals surface area contributed by atoms with Crippen LogP contribution in [-0.4, -0.2) is 22.3 Å². The molecular weight excluding hydrogens is 420 g/mol. The zero-order valence-electron chi connectivity index (χ0n) is 14.6. The SMILES string of the molecule is Cc1nn(C)c(NC(=O)COc2ccc(F)cc2F)c1-c1ccc(Br)cc1. The molecule has 8 heteroatoms. The van der Waals surface area contributed by atoms with Gasteiger partial charge >= 0.3 is 0 Å². The lowest BCUT2D eigenvalue weighted by Crippen LogP contribution is -2.22. The Bertz CT molecular complexity index is 987. The van der Waals surface area contributed by atoms with Crippen LogP contribution in [0.15, 0.2) is 46.9 Å². The van der Waals surface area contributed by atoms with E-state index in [1.807, 2.05) is 31.2 Å². The molecule has 0 aliphatic carbocycles. The maximum absolute atomic E-state index is 13.6. The van der Waals surface area contributed by atoms with E-state index in [-0.39, 0.29) is 5.75 Å².